The maximum absolute atomic E-state index is 3.89. The molecule has 2 heteroatoms. The minimum atomic E-state index is 0.413. The first kappa shape index (κ1) is 15.3. The van der Waals surface area contributed by atoms with Crippen molar-refractivity contribution in [3.05, 3.63) is 35.9 Å². The van der Waals surface area contributed by atoms with Crippen LogP contribution in [0.1, 0.15) is 45.1 Å². The Morgan fingerprint density at radius 3 is 2.35 bits per heavy atom. The number of hydrogen-bond acceptors (Lipinski definition) is 0. The fourth-order valence-electron chi connectivity index (χ4n) is 1.86. The van der Waals surface area contributed by atoms with Gasteiger partial charge in [0.2, 0.25) is 0 Å². The molecule has 0 saturated heterocycles. The van der Waals surface area contributed by atoms with E-state index in [2.05, 4.69) is 60.1 Å². The topological polar surface area (TPSA) is 0 Å². The molecule has 96 valence electrons. The summed E-state index contributed by atoms with van der Waals surface area (Å²) in [4.78, 5) is 0. The first-order chi connectivity index (χ1) is 8.20. The van der Waals surface area contributed by atoms with Crippen molar-refractivity contribution in [2.24, 2.45) is 0 Å². The molecule has 0 heterocycles. The van der Waals surface area contributed by atoms with E-state index < -0.39 is 0 Å². The van der Waals surface area contributed by atoms with Crippen molar-refractivity contribution in [2.75, 3.05) is 0 Å². The molecule has 0 spiro atoms. The summed E-state index contributed by atoms with van der Waals surface area (Å²) >= 11 is 4.66. The van der Waals surface area contributed by atoms with Crippen LogP contribution in [0.5, 0.6) is 0 Å². The Labute approximate surface area is 121 Å². The average Bonchev–Trinajstić information content (AvgIpc) is 2.39. The molecule has 0 nitrogen and oxygen atoms in total. The van der Waals surface area contributed by atoms with Crippen molar-refractivity contribution in [1.82, 2.24) is 0 Å². The van der Waals surface area contributed by atoms with Crippen molar-refractivity contribution in [1.29, 1.82) is 0 Å². The average molecular weight is 362 g/mol. The summed E-state index contributed by atoms with van der Waals surface area (Å²) < 4.78 is 0.413. The zero-order valence-electron chi connectivity index (χ0n) is 10.9. The van der Waals surface area contributed by atoms with Gasteiger partial charge in [0.1, 0.15) is 0 Å². The molecule has 0 unspecified atom stereocenters. The van der Waals surface area contributed by atoms with E-state index in [1.54, 1.807) is 0 Å². The maximum atomic E-state index is 3.89. The summed E-state index contributed by atoms with van der Waals surface area (Å²) in [6, 6.07) is 10.9. The van der Waals surface area contributed by atoms with Crippen LogP contribution in [-0.2, 0) is 5.32 Å². The Bertz CT molecular complexity index is 293. The Morgan fingerprint density at radius 1 is 1.12 bits per heavy atom. The number of benzene rings is 1. The molecule has 0 saturated carbocycles. The van der Waals surface area contributed by atoms with E-state index in [1.165, 1.54) is 41.9 Å². The number of halogens is 1. The molecule has 0 N–H and O–H groups in total. The van der Waals surface area contributed by atoms with E-state index in [0.717, 1.165) is 15.0 Å². The molecule has 0 amide bonds. The Kier molecular flexibility index (Phi) is 7.50. The molecule has 0 bridgehead atoms. The summed E-state index contributed by atoms with van der Waals surface area (Å²) in [5, 5.41) is 2.70. The quantitative estimate of drug-likeness (QED) is 0.345. The van der Waals surface area contributed by atoms with Crippen molar-refractivity contribution in [2.45, 2.75) is 54.5 Å². The third kappa shape index (κ3) is 6.08. The molecule has 1 rings (SSSR count). The van der Waals surface area contributed by atoms with E-state index >= 15 is 0 Å². The molecule has 0 radical (unpaired) electrons. The predicted molar refractivity (Wildman–Crippen MR) is 82.2 cm³/mol. The first-order valence-electron chi connectivity index (χ1n) is 6.51. The van der Waals surface area contributed by atoms with Crippen LogP contribution < -0.4 is 0 Å². The minimum absolute atomic E-state index is 0.413. The second-order valence-electron chi connectivity index (χ2n) is 4.50. The zero-order chi connectivity index (χ0) is 12.6. The van der Waals surface area contributed by atoms with Crippen LogP contribution in [0.2, 0.25) is 5.32 Å². The second kappa shape index (κ2) is 8.34. The summed E-state index contributed by atoms with van der Waals surface area (Å²) in [6.07, 6.45) is 5.20. The van der Waals surface area contributed by atoms with Gasteiger partial charge in [0.05, 0.1) is 0 Å². The monoisotopic (exact) mass is 362 g/mol. The molecule has 17 heavy (non-hydrogen) atoms. The van der Waals surface area contributed by atoms with Crippen molar-refractivity contribution in [3.63, 3.8) is 0 Å². The summed E-state index contributed by atoms with van der Waals surface area (Å²) in [5.41, 5.74) is 1.50. The molecule has 0 fully saturated rings. The van der Waals surface area contributed by atoms with Crippen molar-refractivity contribution >= 4 is 30.9 Å². The fraction of sp³-hybridized carbons (Fsp3) is 0.600. The van der Waals surface area contributed by atoms with Crippen LogP contribution in [0.15, 0.2) is 30.3 Å². The van der Waals surface area contributed by atoms with Crippen LogP contribution in [0.25, 0.3) is 0 Å². The number of hydrogen-bond donors (Lipinski definition) is 0. The first-order valence-corrected chi connectivity index (χ1v) is 9.72. The molecule has 0 atom stereocenters. The normalized spacial score (nSPS) is 11.7. The second-order valence-corrected chi connectivity index (χ2v) is 8.50. The molecule has 0 aromatic heterocycles. The Balaban J connectivity index is 2.13. The van der Waals surface area contributed by atoms with Gasteiger partial charge in [-0.25, -0.2) is 0 Å². The van der Waals surface area contributed by atoms with Gasteiger partial charge in [-0.15, -0.1) is 0 Å². The SMILES string of the molecule is CCC(Br)(CC)CCC[Se]Cc1ccccc1. The van der Waals surface area contributed by atoms with Crippen LogP contribution in [0, 0.1) is 0 Å². The van der Waals surface area contributed by atoms with Gasteiger partial charge in [0.15, 0.2) is 0 Å². The third-order valence-corrected chi connectivity index (χ3v) is 7.15. The predicted octanol–water partition coefficient (Wildman–Crippen LogP) is 5.04. The van der Waals surface area contributed by atoms with E-state index in [-0.39, 0.29) is 0 Å². The zero-order valence-corrected chi connectivity index (χ0v) is 14.2. The Hall–Kier alpha value is 0.219. The van der Waals surface area contributed by atoms with Gasteiger partial charge in [-0.2, -0.15) is 0 Å². The number of rotatable bonds is 8. The molecular weight excluding hydrogens is 339 g/mol. The van der Waals surface area contributed by atoms with Crippen molar-refractivity contribution < 1.29 is 0 Å². The van der Waals surface area contributed by atoms with Crippen LogP contribution in [0.3, 0.4) is 0 Å². The molecule has 0 aliphatic carbocycles. The van der Waals surface area contributed by atoms with Crippen molar-refractivity contribution in [3.8, 4) is 0 Å². The fourth-order valence-corrected chi connectivity index (χ4v) is 4.07. The third-order valence-electron chi connectivity index (χ3n) is 3.29. The summed E-state index contributed by atoms with van der Waals surface area (Å²) in [5.74, 6) is 0. The van der Waals surface area contributed by atoms with E-state index in [0.29, 0.717) is 4.32 Å². The molecule has 0 aliphatic rings. The van der Waals surface area contributed by atoms with Crippen LogP contribution >= 0.6 is 15.9 Å². The van der Waals surface area contributed by atoms with Gasteiger partial charge in [0, 0.05) is 0 Å². The van der Waals surface area contributed by atoms with E-state index in [1.807, 2.05) is 0 Å². The molecule has 0 aliphatic heterocycles. The molecular formula is C15H23BrSe. The van der Waals surface area contributed by atoms with Gasteiger partial charge in [-0.1, -0.05) is 0 Å². The van der Waals surface area contributed by atoms with Crippen LogP contribution in [0.4, 0.5) is 0 Å². The van der Waals surface area contributed by atoms with Gasteiger partial charge in [-0.05, 0) is 0 Å². The molecule has 1 aromatic rings. The number of alkyl halides is 1. The van der Waals surface area contributed by atoms with Gasteiger partial charge in [-0.3, -0.25) is 0 Å². The van der Waals surface area contributed by atoms with E-state index in [9.17, 15) is 0 Å². The van der Waals surface area contributed by atoms with Gasteiger partial charge in [0.25, 0.3) is 0 Å². The van der Waals surface area contributed by atoms with Crippen LogP contribution in [-0.4, -0.2) is 19.3 Å². The molecule has 1 aromatic carbocycles. The van der Waals surface area contributed by atoms with Gasteiger partial charge < -0.3 is 0 Å². The van der Waals surface area contributed by atoms with Gasteiger partial charge >= 0.3 is 121 Å². The summed E-state index contributed by atoms with van der Waals surface area (Å²) in [6.45, 7) is 4.57. The Morgan fingerprint density at radius 2 is 1.76 bits per heavy atom. The van der Waals surface area contributed by atoms with E-state index in [4.69, 9.17) is 0 Å². The standard InChI is InChI=1S/C15H23BrSe/c1-3-15(16,4-2)11-8-12-17-13-14-9-6-5-7-10-14/h5-7,9-10H,3-4,8,11-13H2,1-2H3. The summed E-state index contributed by atoms with van der Waals surface area (Å²) in [7, 11) is 0.